The molecule has 140 valence electrons. The van der Waals surface area contributed by atoms with Crippen LogP contribution in [0.2, 0.25) is 0 Å². The molecule has 0 aliphatic carbocycles. The topological polar surface area (TPSA) is 84.3 Å². The third-order valence-electron chi connectivity index (χ3n) is 4.80. The summed E-state index contributed by atoms with van der Waals surface area (Å²) >= 11 is 0. The highest BCUT2D eigenvalue weighted by atomic mass is 16.2. The Bertz CT molecular complexity index is 1010. The van der Waals surface area contributed by atoms with Crippen molar-refractivity contribution in [3.8, 4) is 5.69 Å². The number of rotatable bonds is 5. The minimum atomic E-state index is -0.891. The van der Waals surface area contributed by atoms with Crippen molar-refractivity contribution in [1.82, 2.24) is 19.8 Å². The van der Waals surface area contributed by atoms with Crippen LogP contribution in [0.5, 0.6) is 0 Å². The van der Waals surface area contributed by atoms with Gasteiger partial charge in [-0.1, -0.05) is 24.3 Å². The third-order valence-corrected chi connectivity index (χ3v) is 4.80. The van der Waals surface area contributed by atoms with Gasteiger partial charge in [0.25, 0.3) is 11.8 Å². The maximum atomic E-state index is 12.5. The fourth-order valence-electron chi connectivity index (χ4n) is 3.21. The van der Waals surface area contributed by atoms with Gasteiger partial charge in [0.2, 0.25) is 5.91 Å². The summed E-state index contributed by atoms with van der Waals surface area (Å²) < 4.78 is 1.88. The number of benzene rings is 2. The number of nitrogens with zero attached hydrogens (tertiary/aromatic N) is 3. The van der Waals surface area contributed by atoms with Gasteiger partial charge in [-0.25, -0.2) is 4.98 Å². The number of aromatic nitrogens is 2. The molecule has 0 saturated carbocycles. The molecular formula is C21H18N4O3. The number of hydrogen-bond donors (Lipinski definition) is 1. The van der Waals surface area contributed by atoms with Crippen LogP contribution in [0.15, 0.2) is 67.3 Å². The molecular weight excluding hydrogens is 356 g/mol. The van der Waals surface area contributed by atoms with Crippen molar-refractivity contribution in [3.05, 3.63) is 83.9 Å². The number of carbonyl (C=O) groups excluding carboxylic acids is 3. The molecule has 3 aromatic rings. The van der Waals surface area contributed by atoms with Crippen molar-refractivity contribution in [3.63, 3.8) is 0 Å². The van der Waals surface area contributed by atoms with E-state index in [0.717, 1.165) is 16.2 Å². The van der Waals surface area contributed by atoms with E-state index < -0.39 is 17.9 Å². The number of nitrogens with one attached hydrogen (secondary N) is 1. The first-order valence-corrected chi connectivity index (χ1v) is 8.88. The lowest BCUT2D eigenvalue weighted by atomic mass is 10.1. The molecule has 2 aromatic carbocycles. The Morgan fingerprint density at radius 2 is 1.68 bits per heavy atom. The lowest BCUT2D eigenvalue weighted by molar-refractivity contribution is -0.124. The van der Waals surface area contributed by atoms with Gasteiger partial charge in [0, 0.05) is 24.6 Å². The van der Waals surface area contributed by atoms with Crippen LogP contribution < -0.4 is 5.32 Å². The zero-order valence-electron chi connectivity index (χ0n) is 15.2. The fourth-order valence-corrected chi connectivity index (χ4v) is 3.21. The van der Waals surface area contributed by atoms with Gasteiger partial charge in [-0.15, -0.1) is 0 Å². The average Bonchev–Trinajstić information content (AvgIpc) is 3.34. The smallest absolute Gasteiger partial charge is 0.262 e. The minimum Gasteiger partial charge on any atom is -0.350 e. The second kappa shape index (κ2) is 7.11. The van der Waals surface area contributed by atoms with E-state index in [-0.39, 0.29) is 5.91 Å². The van der Waals surface area contributed by atoms with Crippen LogP contribution in [-0.4, -0.2) is 38.2 Å². The van der Waals surface area contributed by atoms with Crippen LogP contribution in [0.3, 0.4) is 0 Å². The van der Waals surface area contributed by atoms with Gasteiger partial charge in [0.1, 0.15) is 6.04 Å². The molecule has 2 heterocycles. The van der Waals surface area contributed by atoms with Crippen LogP contribution >= 0.6 is 0 Å². The van der Waals surface area contributed by atoms with Crippen LogP contribution in [0.4, 0.5) is 0 Å². The lowest BCUT2D eigenvalue weighted by Gasteiger charge is -2.21. The summed E-state index contributed by atoms with van der Waals surface area (Å²) in [6, 6.07) is 13.4. The third kappa shape index (κ3) is 3.07. The zero-order valence-corrected chi connectivity index (χ0v) is 15.2. The number of imide groups is 1. The highest BCUT2D eigenvalue weighted by Crippen LogP contribution is 2.24. The number of hydrogen-bond acceptors (Lipinski definition) is 4. The van der Waals surface area contributed by atoms with Crippen molar-refractivity contribution in [1.29, 1.82) is 0 Å². The molecule has 1 N–H and O–H groups in total. The molecule has 1 aliphatic rings. The van der Waals surface area contributed by atoms with E-state index in [1.807, 2.05) is 35.0 Å². The first-order valence-electron chi connectivity index (χ1n) is 8.88. The molecule has 0 saturated heterocycles. The molecule has 0 fully saturated rings. The largest absolute Gasteiger partial charge is 0.350 e. The Hall–Kier alpha value is -3.74. The van der Waals surface area contributed by atoms with Crippen molar-refractivity contribution < 1.29 is 14.4 Å². The van der Waals surface area contributed by atoms with Gasteiger partial charge in [-0.2, -0.15) is 0 Å². The van der Waals surface area contributed by atoms with Gasteiger partial charge >= 0.3 is 0 Å². The maximum Gasteiger partial charge on any atom is 0.262 e. The van der Waals surface area contributed by atoms with Crippen LogP contribution in [0.1, 0.15) is 33.2 Å². The van der Waals surface area contributed by atoms with Gasteiger partial charge < -0.3 is 9.88 Å². The van der Waals surface area contributed by atoms with Crippen molar-refractivity contribution in [2.45, 2.75) is 19.5 Å². The fraction of sp³-hybridized carbons (Fsp3) is 0.143. The van der Waals surface area contributed by atoms with Gasteiger partial charge in [0.15, 0.2) is 0 Å². The maximum absolute atomic E-state index is 12.5. The Morgan fingerprint density at radius 3 is 2.25 bits per heavy atom. The molecule has 1 atom stereocenters. The number of fused-ring (bicyclic) bond motifs is 1. The van der Waals surface area contributed by atoms with Crippen LogP contribution in [-0.2, 0) is 11.3 Å². The number of imidazole rings is 1. The molecule has 1 aromatic heterocycles. The highest BCUT2D eigenvalue weighted by molar-refractivity contribution is 6.22. The molecule has 0 bridgehead atoms. The summed E-state index contributed by atoms with van der Waals surface area (Å²) in [5.41, 5.74) is 2.54. The molecule has 7 heteroatoms. The summed E-state index contributed by atoms with van der Waals surface area (Å²) in [7, 11) is 0. The molecule has 0 radical (unpaired) electrons. The SMILES string of the molecule is CC(C(=O)NCc1ccc(-n2ccnc2)cc1)N1C(=O)c2ccccc2C1=O. The van der Waals surface area contributed by atoms with Crippen molar-refractivity contribution in [2.24, 2.45) is 0 Å². The summed E-state index contributed by atoms with van der Waals surface area (Å²) in [6.45, 7) is 1.86. The molecule has 1 aliphatic heterocycles. The molecule has 7 nitrogen and oxygen atoms in total. The van der Waals surface area contributed by atoms with E-state index in [0.29, 0.717) is 17.7 Å². The van der Waals surface area contributed by atoms with E-state index in [9.17, 15) is 14.4 Å². The van der Waals surface area contributed by atoms with Gasteiger partial charge in [0.05, 0.1) is 17.5 Å². The van der Waals surface area contributed by atoms with Crippen LogP contribution in [0, 0.1) is 0 Å². The van der Waals surface area contributed by atoms with Gasteiger partial charge in [-0.3, -0.25) is 19.3 Å². The Morgan fingerprint density at radius 1 is 1.04 bits per heavy atom. The molecule has 28 heavy (non-hydrogen) atoms. The lowest BCUT2D eigenvalue weighted by Crippen LogP contribution is -2.47. The molecule has 4 rings (SSSR count). The second-order valence-corrected chi connectivity index (χ2v) is 6.56. The summed E-state index contributed by atoms with van der Waals surface area (Å²) in [5, 5.41) is 2.79. The van der Waals surface area contributed by atoms with E-state index in [1.54, 1.807) is 43.7 Å². The molecule has 0 spiro atoms. The molecule has 3 amide bonds. The van der Waals surface area contributed by atoms with Crippen molar-refractivity contribution in [2.75, 3.05) is 0 Å². The average molecular weight is 374 g/mol. The van der Waals surface area contributed by atoms with E-state index >= 15 is 0 Å². The Balaban J connectivity index is 1.40. The number of amides is 3. The van der Waals surface area contributed by atoms with Crippen LogP contribution in [0.25, 0.3) is 5.69 Å². The van der Waals surface area contributed by atoms with E-state index in [2.05, 4.69) is 10.3 Å². The first-order chi connectivity index (χ1) is 13.6. The summed E-state index contributed by atoms with van der Waals surface area (Å²) in [5.74, 6) is -1.26. The minimum absolute atomic E-state index is 0.302. The van der Waals surface area contributed by atoms with E-state index in [1.165, 1.54) is 0 Å². The zero-order chi connectivity index (χ0) is 19.7. The molecule has 1 unspecified atom stereocenters. The van der Waals surface area contributed by atoms with Crippen molar-refractivity contribution >= 4 is 17.7 Å². The first kappa shape index (κ1) is 17.7. The Labute approximate surface area is 161 Å². The standard InChI is InChI=1S/C21H18N4O3/c1-14(25-20(27)17-4-2-3-5-18(17)21(25)28)19(26)23-12-15-6-8-16(9-7-15)24-11-10-22-13-24/h2-11,13-14H,12H2,1H3,(H,23,26). The Kier molecular flexibility index (Phi) is 4.49. The van der Waals surface area contributed by atoms with E-state index in [4.69, 9.17) is 0 Å². The predicted molar refractivity (Wildman–Crippen MR) is 102 cm³/mol. The number of carbonyl (C=O) groups is 3. The second-order valence-electron chi connectivity index (χ2n) is 6.56. The van der Waals surface area contributed by atoms with Gasteiger partial charge in [-0.05, 0) is 36.8 Å². The monoisotopic (exact) mass is 374 g/mol. The highest BCUT2D eigenvalue weighted by Gasteiger charge is 2.40. The quantitative estimate of drug-likeness (QED) is 0.694. The predicted octanol–water partition coefficient (Wildman–Crippen LogP) is 2.17. The normalized spacial score (nSPS) is 14.1. The summed E-state index contributed by atoms with van der Waals surface area (Å²) in [6.07, 6.45) is 5.26. The summed E-state index contributed by atoms with van der Waals surface area (Å²) in [4.78, 5) is 42.5.